The van der Waals surface area contributed by atoms with Crippen LogP contribution in [0.25, 0.3) is 0 Å². The monoisotopic (exact) mass is 257 g/mol. The van der Waals surface area contributed by atoms with E-state index in [1.54, 1.807) is 12.1 Å². The summed E-state index contributed by atoms with van der Waals surface area (Å²) in [7, 11) is 0. The van der Waals surface area contributed by atoms with E-state index in [9.17, 15) is 9.90 Å². The van der Waals surface area contributed by atoms with E-state index in [1.807, 2.05) is 48.5 Å². The Morgan fingerprint density at radius 3 is 2.16 bits per heavy atom. The van der Waals surface area contributed by atoms with E-state index in [1.165, 1.54) is 4.90 Å². The first kappa shape index (κ1) is 13.0. The van der Waals surface area contributed by atoms with E-state index in [2.05, 4.69) is 0 Å². The van der Waals surface area contributed by atoms with Gasteiger partial charge in [0.05, 0.1) is 6.54 Å². The fourth-order valence-corrected chi connectivity index (χ4v) is 1.71. The molecule has 2 rings (SSSR count). The normalized spacial score (nSPS) is 9.89. The fraction of sp³-hybridized carbons (Fsp3) is 0.133. The molecule has 0 radical (unpaired) electrons. The van der Waals surface area contributed by atoms with Crippen LogP contribution >= 0.6 is 0 Å². The van der Waals surface area contributed by atoms with Gasteiger partial charge in [-0.05, 0) is 24.3 Å². The molecule has 19 heavy (non-hydrogen) atoms. The van der Waals surface area contributed by atoms with Gasteiger partial charge in [0.15, 0.2) is 0 Å². The summed E-state index contributed by atoms with van der Waals surface area (Å²) in [6.45, 7) is 0.597. The predicted octanol–water partition coefficient (Wildman–Crippen LogP) is 3.25. The lowest BCUT2D eigenvalue weighted by Gasteiger charge is -2.19. The summed E-state index contributed by atoms with van der Waals surface area (Å²) in [6, 6.07) is 18.3. The highest BCUT2D eigenvalue weighted by atomic mass is 16.5. The third kappa shape index (κ3) is 3.74. The molecule has 0 saturated heterocycles. The van der Waals surface area contributed by atoms with Gasteiger partial charge in [-0.25, -0.2) is 4.79 Å². The van der Waals surface area contributed by atoms with Crippen molar-refractivity contribution in [2.45, 2.75) is 0 Å². The molecule has 0 aliphatic carbocycles. The summed E-state index contributed by atoms with van der Waals surface area (Å²) in [6.07, 6.45) is -0.983. The summed E-state index contributed by atoms with van der Waals surface area (Å²) in [5, 5.41) is 9.19. The van der Waals surface area contributed by atoms with Gasteiger partial charge in [0.25, 0.3) is 0 Å². The van der Waals surface area contributed by atoms with Crippen molar-refractivity contribution in [3.05, 3.63) is 60.7 Å². The molecule has 0 bridgehead atoms. The molecule has 0 aliphatic heterocycles. The number of ether oxygens (including phenoxy) is 1. The van der Waals surface area contributed by atoms with Crippen molar-refractivity contribution >= 4 is 11.8 Å². The lowest BCUT2D eigenvalue weighted by molar-refractivity contribution is 0.199. The Kier molecular flexibility index (Phi) is 4.39. The highest BCUT2D eigenvalue weighted by Crippen LogP contribution is 2.14. The molecule has 0 atom stereocenters. The van der Waals surface area contributed by atoms with E-state index in [4.69, 9.17) is 4.74 Å². The number of benzene rings is 2. The Hall–Kier alpha value is -2.49. The lowest BCUT2D eigenvalue weighted by Crippen LogP contribution is -2.33. The smallest absolute Gasteiger partial charge is 0.411 e. The van der Waals surface area contributed by atoms with Crippen LogP contribution in [0.1, 0.15) is 0 Å². The van der Waals surface area contributed by atoms with Gasteiger partial charge >= 0.3 is 6.09 Å². The quantitative estimate of drug-likeness (QED) is 0.894. The minimum atomic E-state index is -0.983. The fourth-order valence-electron chi connectivity index (χ4n) is 1.71. The summed E-state index contributed by atoms with van der Waals surface area (Å²) in [5.74, 6) is 0.737. The number of hydrogen-bond donors (Lipinski definition) is 1. The molecule has 1 N–H and O–H groups in total. The molecule has 2 aromatic carbocycles. The van der Waals surface area contributed by atoms with Crippen molar-refractivity contribution < 1.29 is 14.6 Å². The van der Waals surface area contributed by atoms with E-state index >= 15 is 0 Å². The van der Waals surface area contributed by atoms with Crippen LogP contribution in [-0.4, -0.2) is 24.4 Å². The predicted molar refractivity (Wildman–Crippen MR) is 73.7 cm³/mol. The van der Waals surface area contributed by atoms with Crippen molar-refractivity contribution in [2.24, 2.45) is 0 Å². The van der Waals surface area contributed by atoms with Gasteiger partial charge in [0.1, 0.15) is 12.4 Å². The highest BCUT2D eigenvalue weighted by molar-refractivity contribution is 5.85. The van der Waals surface area contributed by atoms with Gasteiger partial charge < -0.3 is 9.84 Å². The van der Waals surface area contributed by atoms with E-state index < -0.39 is 6.09 Å². The number of hydrogen-bond acceptors (Lipinski definition) is 2. The molecule has 0 aromatic heterocycles. The Balaban J connectivity index is 1.94. The number of nitrogens with zero attached hydrogens (tertiary/aromatic N) is 1. The average molecular weight is 257 g/mol. The van der Waals surface area contributed by atoms with Gasteiger partial charge in [0, 0.05) is 5.69 Å². The number of para-hydroxylation sites is 2. The van der Waals surface area contributed by atoms with Crippen molar-refractivity contribution in [1.82, 2.24) is 0 Å². The molecule has 4 nitrogen and oxygen atoms in total. The van der Waals surface area contributed by atoms with E-state index in [0.29, 0.717) is 12.3 Å². The highest BCUT2D eigenvalue weighted by Gasteiger charge is 2.13. The van der Waals surface area contributed by atoms with Gasteiger partial charge in [0.2, 0.25) is 0 Å². The molecule has 1 amide bonds. The number of carboxylic acid groups (broad SMARTS) is 1. The van der Waals surface area contributed by atoms with Gasteiger partial charge in [-0.2, -0.15) is 0 Å². The first-order valence-corrected chi connectivity index (χ1v) is 6.01. The topological polar surface area (TPSA) is 49.8 Å². The summed E-state index contributed by atoms with van der Waals surface area (Å²) in [4.78, 5) is 12.5. The molecule has 0 spiro atoms. The van der Waals surface area contributed by atoms with Crippen LogP contribution in [0.4, 0.5) is 10.5 Å². The van der Waals surface area contributed by atoms with Crippen molar-refractivity contribution in [1.29, 1.82) is 0 Å². The zero-order valence-corrected chi connectivity index (χ0v) is 10.4. The first-order chi connectivity index (χ1) is 9.27. The van der Waals surface area contributed by atoms with Gasteiger partial charge in [-0.1, -0.05) is 36.4 Å². The first-order valence-electron chi connectivity index (χ1n) is 6.01. The molecule has 0 unspecified atom stereocenters. The molecule has 0 fully saturated rings. The van der Waals surface area contributed by atoms with E-state index in [0.717, 1.165) is 5.75 Å². The second-order valence-electron chi connectivity index (χ2n) is 3.93. The third-order valence-electron chi connectivity index (χ3n) is 2.63. The number of carbonyl (C=O) groups is 1. The zero-order valence-electron chi connectivity index (χ0n) is 10.4. The average Bonchev–Trinajstić information content (AvgIpc) is 2.45. The molecular formula is C15H15NO3. The second kappa shape index (κ2) is 6.44. The molecular weight excluding hydrogens is 242 g/mol. The number of amides is 1. The zero-order chi connectivity index (χ0) is 13.5. The maximum atomic E-state index is 11.2. The molecule has 0 heterocycles. The maximum absolute atomic E-state index is 11.2. The van der Waals surface area contributed by atoms with Crippen molar-refractivity contribution in [3.63, 3.8) is 0 Å². The lowest BCUT2D eigenvalue weighted by atomic mass is 10.3. The molecule has 4 heteroatoms. The Labute approximate surface area is 111 Å². The summed E-state index contributed by atoms with van der Waals surface area (Å²) < 4.78 is 5.50. The summed E-state index contributed by atoms with van der Waals surface area (Å²) in [5.41, 5.74) is 0.645. The largest absolute Gasteiger partial charge is 0.492 e. The van der Waals surface area contributed by atoms with Gasteiger partial charge in [-0.3, -0.25) is 4.90 Å². The molecule has 2 aromatic rings. The van der Waals surface area contributed by atoms with Crippen LogP contribution in [0.2, 0.25) is 0 Å². The van der Waals surface area contributed by atoms with Crippen LogP contribution in [-0.2, 0) is 0 Å². The number of rotatable bonds is 5. The number of anilines is 1. The van der Waals surface area contributed by atoms with Gasteiger partial charge in [-0.15, -0.1) is 0 Å². The van der Waals surface area contributed by atoms with Crippen LogP contribution in [0.15, 0.2) is 60.7 Å². The van der Waals surface area contributed by atoms with Crippen molar-refractivity contribution in [3.8, 4) is 5.75 Å². The van der Waals surface area contributed by atoms with Crippen LogP contribution in [0.3, 0.4) is 0 Å². The maximum Gasteiger partial charge on any atom is 0.411 e. The molecule has 0 aliphatic rings. The Bertz CT molecular complexity index is 513. The third-order valence-corrected chi connectivity index (χ3v) is 2.63. The Morgan fingerprint density at radius 1 is 1.00 bits per heavy atom. The van der Waals surface area contributed by atoms with Crippen LogP contribution in [0, 0.1) is 0 Å². The SMILES string of the molecule is O=C(O)N(CCOc1ccccc1)c1ccccc1. The summed E-state index contributed by atoms with van der Waals surface area (Å²) >= 11 is 0. The molecule has 0 saturated carbocycles. The minimum absolute atomic E-state index is 0.286. The minimum Gasteiger partial charge on any atom is -0.492 e. The second-order valence-corrected chi connectivity index (χ2v) is 3.93. The standard InChI is InChI=1S/C15H15NO3/c17-15(18)16(13-7-3-1-4-8-13)11-12-19-14-9-5-2-6-10-14/h1-10H,11-12H2,(H,17,18). The molecule has 98 valence electrons. The van der Waals surface area contributed by atoms with Crippen LogP contribution in [0.5, 0.6) is 5.75 Å². The Morgan fingerprint density at radius 2 is 1.58 bits per heavy atom. The van der Waals surface area contributed by atoms with E-state index in [-0.39, 0.29) is 6.54 Å². The van der Waals surface area contributed by atoms with Crippen LogP contribution < -0.4 is 9.64 Å². The van der Waals surface area contributed by atoms with Crippen molar-refractivity contribution in [2.75, 3.05) is 18.1 Å².